The third-order valence-electron chi connectivity index (χ3n) is 0.949. The quantitative estimate of drug-likeness (QED) is 0.387. The second kappa shape index (κ2) is 3.00. The minimum absolute atomic E-state index is 0.0259. The highest BCUT2D eigenvalue weighted by molar-refractivity contribution is 14.1. The van der Waals surface area contributed by atoms with E-state index in [1.165, 1.54) is 0 Å². The van der Waals surface area contributed by atoms with Crippen LogP contribution in [0.5, 0.6) is 0 Å². The Morgan fingerprint density at radius 1 is 1.20 bits per heavy atom. The van der Waals surface area contributed by atoms with Gasteiger partial charge in [-0.1, -0.05) is 11.6 Å². The zero-order valence-corrected chi connectivity index (χ0v) is 7.58. The Labute approximate surface area is 75.3 Å². The Morgan fingerprint density at radius 2 is 1.60 bits per heavy atom. The lowest BCUT2D eigenvalue weighted by Gasteiger charge is -1.95. The van der Waals surface area contributed by atoms with Crippen LogP contribution in [-0.4, -0.2) is 0 Å². The van der Waals surface area contributed by atoms with Gasteiger partial charge in [-0.3, -0.25) is 0 Å². The van der Waals surface area contributed by atoms with E-state index < -0.39 is 11.6 Å². The molecule has 0 N–H and O–H groups in total. The third kappa shape index (κ3) is 1.58. The zero-order valence-electron chi connectivity index (χ0n) is 4.67. The highest BCUT2D eigenvalue weighted by Gasteiger charge is 2.05. The smallest absolute Gasteiger partial charge is 0.140 e. The van der Waals surface area contributed by atoms with Gasteiger partial charge in [-0.15, -0.1) is 0 Å². The van der Waals surface area contributed by atoms with E-state index in [0.717, 1.165) is 12.1 Å². The van der Waals surface area contributed by atoms with Crippen molar-refractivity contribution in [1.29, 1.82) is 0 Å². The monoisotopic (exact) mass is 274 g/mol. The van der Waals surface area contributed by atoms with Crippen LogP contribution in [-0.2, 0) is 0 Å². The molecule has 0 aliphatic heterocycles. The molecule has 0 aliphatic rings. The van der Waals surface area contributed by atoms with Crippen LogP contribution in [0.1, 0.15) is 0 Å². The maximum atomic E-state index is 12.5. The fourth-order valence-electron chi connectivity index (χ4n) is 0.525. The van der Waals surface area contributed by atoms with Gasteiger partial charge in [0.05, 0.1) is 3.57 Å². The van der Waals surface area contributed by atoms with Gasteiger partial charge >= 0.3 is 0 Å². The molecule has 0 atom stereocenters. The van der Waals surface area contributed by atoms with Crippen molar-refractivity contribution in [2.75, 3.05) is 0 Å². The molecule has 1 rings (SSSR count). The second-order valence-electron chi connectivity index (χ2n) is 1.68. The molecule has 1 aromatic rings. The summed E-state index contributed by atoms with van der Waals surface area (Å²) in [7, 11) is 0. The summed E-state index contributed by atoms with van der Waals surface area (Å²) in [5.41, 5.74) is 0. The minimum atomic E-state index is -0.620. The van der Waals surface area contributed by atoms with Crippen LogP contribution in [0.25, 0.3) is 0 Å². The van der Waals surface area contributed by atoms with Gasteiger partial charge in [-0.2, -0.15) is 0 Å². The second-order valence-corrected chi connectivity index (χ2v) is 3.20. The van der Waals surface area contributed by atoms with Gasteiger partial charge in [0.1, 0.15) is 11.6 Å². The SMILES string of the molecule is Fc1cc(Cl)cc(F)c1I. The number of rotatable bonds is 0. The highest BCUT2D eigenvalue weighted by atomic mass is 127. The van der Waals surface area contributed by atoms with E-state index in [1.54, 1.807) is 22.6 Å². The molecule has 0 saturated heterocycles. The topological polar surface area (TPSA) is 0 Å². The minimum Gasteiger partial charge on any atom is -0.206 e. The van der Waals surface area contributed by atoms with Crippen LogP contribution < -0.4 is 0 Å². The molecule has 0 aliphatic carbocycles. The van der Waals surface area contributed by atoms with Crippen LogP contribution in [0.15, 0.2) is 12.1 Å². The first-order valence-corrected chi connectivity index (χ1v) is 3.87. The molecule has 10 heavy (non-hydrogen) atoms. The summed E-state index contributed by atoms with van der Waals surface area (Å²) < 4.78 is 25.0. The van der Waals surface area contributed by atoms with E-state index in [4.69, 9.17) is 11.6 Å². The van der Waals surface area contributed by atoms with Crippen molar-refractivity contribution in [3.8, 4) is 0 Å². The van der Waals surface area contributed by atoms with Crippen molar-refractivity contribution in [1.82, 2.24) is 0 Å². The fourth-order valence-corrected chi connectivity index (χ4v) is 1.03. The predicted octanol–water partition coefficient (Wildman–Crippen LogP) is 3.22. The highest BCUT2D eigenvalue weighted by Crippen LogP contribution is 2.19. The van der Waals surface area contributed by atoms with E-state index in [2.05, 4.69) is 0 Å². The van der Waals surface area contributed by atoms with Crippen LogP contribution in [0.2, 0.25) is 5.02 Å². The molecule has 0 saturated carbocycles. The average molecular weight is 274 g/mol. The molecule has 0 aromatic heterocycles. The molecule has 4 heteroatoms. The first-order chi connectivity index (χ1) is 4.61. The molecule has 0 bridgehead atoms. The van der Waals surface area contributed by atoms with Gasteiger partial charge in [-0.05, 0) is 34.7 Å². The Kier molecular flexibility index (Phi) is 2.46. The molecule has 0 unspecified atom stereocenters. The van der Waals surface area contributed by atoms with E-state index in [9.17, 15) is 8.78 Å². The summed E-state index contributed by atoms with van der Waals surface area (Å²) in [6.45, 7) is 0. The van der Waals surface area contributed by atoms with Crippen molar-refractivity contribution in [3.05, 3.63) is 32.4 Å². The van der Waals surface area contributed by atoms with E-state index in [1.807, 2.05) is 0 Å². The van der Waals surface area contributed by atoms with Crippen molar-refractivity contribution >= 4 is 34.2 Å². The van der Waals surface area contributed by atoms with Crippen molar-refractivity contribution in [2.45, 2.75) is 0 Å². The molecule has 0 amide bonds. The summed E-state index contributed by atoms with van der Waals surface area (Å²) >= 11 is 6.92. The fraction of sp³-hybridized carbons (Fsp3) is 0. The van der Waals surface area contributed by atoms with Crippen molar-refractivity contribution < 1.29 is 8.78 Å². The molecular weight excluding hydrogens is 272 g/mol. The van der Waals surface area contributed by atoms with Gasteiger partial charge in [0.15, 0.2) is 0 Å². The first kappa shape index (κ1) is 8.20. The summed E-state index contributed by atoms with van der Waals surface area (Å²) in [6.07, 6.45) is 0. The first-order valence-electron chi connectivity index (χ1n) is 2.41. The number of halogens is 4. The van der Waals surface area contributed by atoms with Gasteiger partial charge in [0.25, 0.3) is 0 Å². The molecule has 0 radical (unpaired) electrons. The number of benzene rings is 1. The summed E-state index contributed by atoms with van der Waals surface area (Å²) in [5, 5.41) is 0.0791. The van der Waals surface area contributed by atoms with Gasteiger partial charge < -0.3 is 0 Å². The van der Waals surface area contributed by atoms with E-state index >= 15 is 0 Å². The number of hydrogen-bond donors (Lipinski definition) is 0. The molecule has 1 aromatic carbocycles. The molecule has 0 heterocycles. The normalized spacial score (nSPS) is 10.0. The lowest BCUT2D eigenvalue weighted by atomic mass is 10.3. The lowest BCUT2D eigenvalue weighted by molar-refractivity contribution is 0.570. The van der Waals surface area contributed by atoms with Crippen LogP contribution in [0.4, 0.5) is 8.78 Å². The van der Waals surface area contributed by atoms with E-state index in [0.29, 0.717) is 0 Å². The summed E-state index contributed by atoms with van der Waals surface area (Å²) in [6, 6.07) is 2.15. The Morgan fingerprint density at radius 3 is 2.00 bits per heavy atom. The molecule has 54 valence electrons. The molecular formula is C6H2ClF2I. The number of hydrogen-bond acceptors (Lipinski definition) is 0. The van der Waals surface area contributed by atoms with Crippen LogP contribution in [0, 0.1) is 15.2 Å². The predicted molar refractivity (Wildman–Crippen MR) is 44.1 cm³/mol. The molecule has 0 fully saturated rings. The van der Waals surface area contributed by atoms with Crippen molar-refractivity contribution in [2.24, 2.45) is 0 Å². The zero-order chi connectivity index (χ0) is 7.72. The van der Waals surface area contributed by atoms with Gasteiger partial charge in [0.2, 0.25) is 0 Å². The van der Waals surface area contributed by atoms with Crippen LogP contribution >= 0.6 is 34.2 Å². The Bertz CT molecular complexity index is 239. The molecule has 0 spiro atoms. The maximum absolute atomic E-state index is 12.5. The Hall–Kier alpha value is 0.100. The third-order valence-corrected chi connectivity index (χ3v) is 2.20. The standard InChI is InChI=1S/C6H2ClF2I/c7-3-1-4(8)6(10)5(9)2-3/h1-2H. The Balaban J connectivity index is 3.31. The van der Waals surface area contributed by atoms with Gasteiger partial charge in [0, 0.05) is 5.02 Å². The summed E-state index contributed by atoms with van der Waals surface area (Å²) in [4.78, 5) is 0. The summed E-state index contributed by atoms with van der Waals surface area (Å²) in [5.74, 6) is -1.24. The van der Waals surface area contributed by atoms with Gasteiger partial charge in [-0.25, -0.2) is 8.78 Å². The maximum Gasteiger partial charge on any atom is 0.140 e. The largest absolute Gasteiger partial charge is 0.206 e. The molecule has 0 nitrogen and oxygen atoms in total. The van der Waals surface area contributed by atoms with Crippen LogP contribution in [0.3, 0.4) is 0 Å². The van der Waals surface area contributed by atoms with Crippen molar-refractivity contribution in [3.63, 3.8) is 0 Å². The van der Waals surface area contributed by atoms with E-state index in [-0.39, 0.29) is 8.59 Å². The lowest BCUT2D eigenvalue weighted by Crippen LogP contribution is -1.86. The average Bonchev–Trinajstić information content (AvgIpc) is 1.82.